The van der Waals surface area contributed by atoms with Crippen LogP contribution in [-0.2, 0) is 25.7 Å². The molecule has 7 nitrogen and oxygen atoms in total. The van der Waals surface area contributed by atoms with Gasteiger partial charge < -0.3 is 20.9 Å². The summed E-state index contributed by atoms with van der Waals surface area (Å²) in [5.74, 6) is -3.92. The maximum atomic E-state index is 12.9. The van der Waals surface area contributed by atoms with E-state index in [9.17, 15) is 19.5 Å². The lowest BCUT2D eigenvalue weighted by atomic mass is 9.66. The Morgan fingerprint density at radius 1 is 1.00 bits per heavy atom. The zero-order valence-corrected chi connectivity index (χ0v) is 19.3. The van der Waals surface area contributed by atoms with E-state index in [1.165, 1.54) is 0 Å². The van der Waals surface area contributed by atoms with Crippen molar-refractivity contribution in [3.05, 3.63) is 77.9 Å². The predicted octanol–water partition coefficient (Wildman–Crippen LogP) is 4.00. The molecule has 0 amide bonds. The summed E-state index contributed by atoms with van der Waals surface area (Å²) in [6, 6.07) is 21.0. The Bertz CT molecular complexity index is 1310. The third-order valence-electron chi connectivity index (χ3n) is 7.45. The molecule has 2 aliphatic rings. The normalized spacial score (nSPS) is 22.4. The predicted molar refractivity (Wildman–Crippen MR) is 132 cm³/mol. The van der Waals surface area contributed by atoms with Crippen LogP contribution in [0.25, 0.3) is 10.8 Å². The molecule has 0 spiro atoms. The van der Waals surface area contributed by atoms with Gasteiger partial charge in [0.25, 0.3) is 0 Å². The highest BCUT2D eigenvalue weighted by Crippen LogP contribution is 2.50. The van der Waals surface area contributed by atoms with Crippen molar-refractivity contribution >= 4 is 34.2 Å². The number of ether oxygens (including phenoxy) is 1. The first-order chi connectivity index (χ1) is 16.9. The van der Waals surface area contributed by atoms with E-state index in [0.29, 0.717) is 0 Å². The van der Waals surface area contributed by atoms with Crippen molar-refractivity contribution in [3.8, 4) is 0 Å². The van der Waals surface area contributed by atoms with Crippen LogP contribution >= 0.6 is 0 Å². The highest BCUT2D eigenvalue weighted by Gasteiger charge is 2.54. The second-order valence-corrected chi connectivity index (χ2v) is 9.61. The van der Waals surface area contributed by atoms with E-state index in [0.717, 1.165) is 46.8 Å². The summed E-state index contributed by atoms with van der Waals surface area (Å²) in [7, 11) is 0. The van der Waals surface area contributed by atoms with Gasteiger partial charge in [0.1, 0.15) is 12.1 Å². The number of nitrogens with two attached hydrogens (primary N) is 1. The monoisotopic (exact) mass is 472 g/mol. The van der Waals surface area contributed by atoms with Crippen molar-refractivity contribution in [2.45, 2.75) is 49.8 Å². The van der Waals surface area contributed by atoms with Crippen LogP contribution in [0.4, 0.5) is 5.69 Å². The second-order valence-electron chi connectivity index (χ2n) is 9.61. The summed E-state index contributed by atoms with van der Waals surface area (Å²) >= 11 is 0. The van der Waals surface area contributed by atoms with Crippen molar-refractivity contribution in [1.82, 2.24) is 0 Å². The Labute approximate surface area is 203 Å². The summed E-state index contributed by atoms with van der Waals surface area (Å²) in [4.78, 5) is 38.0. The van der Waals surface area contributed by atoms with E-state index in [-0.39, 0.29) is 18.6 Å². The maximum Gasteiger partial charge on any atom is 0.375 e. The van der Waals surface area contributed by atoms with Gasteiger partial charge in [-0.2, -0.15) is 0 Å². The number of hydrogen-bond acceptors (Lipinski definition) is 6. The zero-order chi connectivity index (χ0) is 24.6. The average molecular weight is 473 g/mol. The quantitative estimate of drug-likeness (QED) is 0.351. The van der Waals surface area contributed by atoms with Crippen LogP contribution in [0.1, 0.15) is 42.7 Å². The molecule has 4 N–H and O–H groups in total. The van der Waals surface area contributed by atoms with Gasteiger partial charge in [-0.1, -0.05) is 61.0 Å². The smallest absolute Gasteiger partial charge is 0.375 e. The van der Waals surface area contributed by atoms with E-state index in [4.69, 9.17) is 10.5 Å². The highest BCUT2D eigenvalue weighted by molar-refractivity contribution is 6.34. The number of carboxylic acids is 1. The summed E-state index contributed by atoms with van der Waals surface area (Å²) in [6.07, 6.45) is 2.04. The molecule has 1 heterocycles. The fraction of sp³-hybridized carbons (Fsp3) is 0.321. The van der Waals surface area contributed by atoms with Crippen LogP contribution in [0.5, 0.6) is 0 Å². The minimum Gasteiger partial charge on any atom is -0.480 e. The molecule has 180 valence electrons. The molecule has 0 aromatic heterocycles. The van der Waals surface area contributed by atoms with Crippen LogP contribution in [0, 0.1) is 5.92 Å². The number of esters is 1. The standard InChI is InChI=1S/C28H28N2O5/c29-28(27(33)34,25-20-8-3-4-10-22(20)30-23-11-5-9-21(23)25)15-24(31)26(32)35-16-17-12-13-18-6-1-2-7-19(18)14-17/h1-4,6-8,10,12-14,21,23,25,30H,5,9,11,15-16,29H2,(H,33,34)/t21-,23+,25?,28?/m0/s1. The highest BCUT2D eigenvalue weighted by atomic mass is 16.5. The van der Waals surface area contributed by atoms with Gasteiger partial charge in [0.05, 0.1) is 0 Å². The van der Waals surface area contributed by atoms with Gasteiger partial charge in [0.2, 0.25) is 5.78 Å². The number of anilines is 1. The fourth-order valence-corrected chi connectivity index (χ4v) is 5.77. The number of carbonyl (C=O) groups is 3. The lowest BCUT2D eigenvalue weighted by Gasteiger charge is -2.44. The van der Waals surface area contributed by atoms with Crippen molar-refractivity contribution in [2.24, 2.45) is 11.7 Å². The molecule has 0 radical (unpaired) electrons. The van der Waals surface area contributed by atoms with E-state index in [1.807, 2.05) is 66.7 Å². The first-order valence-electron chi connectivity index (χ1n) is 11.9. The Morgan fingerprint density at radius 2 is 1.74 bits per heavy atom. The molecule has 0 bridgehead atoms. The van der Waals surface area contributed by atoms with Crippen molar-refractivity contribution in [1.29, 1.82) is 0 Å². The number of carboxylic acid groups (broad SMARTS) is 1. The van der Waals surface area contributed by atoms with Gasteiger partial charge in [-0.25, -0.2) is 4.79 Å². The molecule has 35 heavy (non-hydrogen) atoms. The number of fused-ring (bicyclic) bond motifs is 3. The first kappa shape index (κ1) is 23.1. The molecule has 1 fully saturated rings. The third kappa shape index (κ3) is 4.28. The second kappa shape index (κ2) is 9.15. The molecule has 1 aliphatic carbocycles. The molecular formula is C28H28N2O5. The van der Waals surface area contributed by atoms with Gasteiger partial charge in [-0.05, 0) is 52.8 Å². The molecular weight excluding hydrogens is 444 g/mol. The number of benzene rings is 3. The number of rotatable bonds is 7. The molecule has 1 saturated carbocycles. The van der Waals surface area contributed by atoms with Gasteiger partial charge >= 0.3 is 11.9 Å². The zero-order valence-electron chi connectivity index (χ0n) is 19.3. The maximum absolute atomic E-state index is 12.9. The third-order valence-corrected chi connectivity index (χ3v) is 7.45. The van der Waals surface area contributed by atoms with Crippen molar-refractivity contribution < 1.29 is 24.2 Å². The Kier molecular flexibility index (Phi) is 6.03. The Balaban J connectivity index is 1.35. The lowest BCUT2D eigenvalue weighted by molar-refractivity contribution is -0.157. The number of hydrogen-bond donors (Lipinski definition) is 3. The van der Waals surface area contributed by atoms with Crippen LogP contribution < -0.4 is 11.1 Å². The molecule has 7 heteroatoms. The van der Waals surface area contributed by atoms with Gasteiger partial charge in [0.15, 0.2) is 0 Å². The average Bonchev–Trinajstić information content (AvgIpc) is 3.33. The van der Waals surface area contributed by atoms with E-state index < -0.39 is 35.6 Å². The number of carbonyl (C=O) groups excluding carboxylic acids is 2. The van der Waals surface area contributed by atoms with Crippen LogP contribution in [0.3, 0.4) is 0 Å². The minimum absolute atomic E-state index is 0.0348. The molecule has 5 rings (SSSR count). The topological polar surface area (TPSA) is 119 Å². The summed E-state index contributed by atoms with van der Waals surface area (Å²) < 4.78 is 5.26. The van der Waals surface area contributed by atoms with Gasteiger partial charge in [-0.15, -0.1) is 0 Å². The molecule has 1 aliphatic heterocycles. The van der Waals surface area contributed by atoms with Crippen molar-refractivity contribution in [2.75, 3.05) is 5.32 Å². The number of aliphatic carboxylic acids is 1. The summed E-state index contributed by atoms with van der Waals surface area (Å²) in [5, 5.41) is 15.8. The van der Waals surface area contributed by atoms with Gasteiger partial charge in [-0.3, -0.25) is 9.59 Å². The first-order valence-corrected chi connectivity index (χ1v) is 11.9. The van der Waals surface area contributed by atoms with E-state index in [1.54, 1.807) is 0 Å². The van der Waals surface area contributed by atoms with Crippen molar-refractivity contribution in [3.63, 3.8) is 0 Å². The molecule has 3 aromatic carbocycles. The van der Waals surface area contributed by atoms with Crippen LogP contribution in [0.2, 0.25) is 0 Å². The minimum atomic E-state index is -1.93. The van der Waals surface area contributed by atoms with Crippen LogP contribution in [-0.4, -0.2) is 34.4 Å². The van der Waals surface area contributed by atoms with E-state index >= 15 is 0 Å². The lowest BCUT2D eigenvalue weighted by Crippen LogP contribution is -2.59. The van der Waals surface area contributed by atoms with Gasteiger partial charge in [0, 0.05) is 24.1 Å². The Morgan fingerprint density at radius 3 is 2.54 bits per heavy atom. The summed E-state index contributed by atoms with van der Waals surface area (Å²) in [5.41, 5.74) is 6.96. The number of nitrogens with one attached hydrogen (secondary N) is 1. The number of ketones is 1. The molecule has 0 saturated heterocycles. The van der Waals surface area contributed by atoms with Crippen LogP contribution in [0.15, 0.2) is 66.7 Å². The molecule has 3 aromatic rings. The fourth-order valence-electron chi connectivity index (χ4n) is 5.77. The van der Waals surface area contributed by atoms with E-state index in [2.05, 4.69) is 5.32 Å². The number of para-hydroxylation sites is 1. The number of Topliss-reactive ketones (excluding diaryl/α,β-unsaturated/α-hetero) is 1. The molecule has 2 unspecified atom stereocenters. The summed E-state index contributed by atoms with van der Waals surface area (Å²) in [6.45, 7) is -0.0824. The SMILES string of the molecule is NC(CC(=O)C(=O)OCc1ccc2ccccc2c1)(C(=O)O)C1c2ccccc2N[C@@H]2CCC[C@H]12. The largest absolute Gasteiger partial charge is 0.480 e. The Hall–Kier alpha value is -3.71. The molecule has 4 atom stereocenters.